The molecule has 0 spiro atoms. The lowest BCUT2D eigenvalue weighted by Gasteiger charge is -2.25. The van der Waals surface area contributed by atoms with E-state index in [1.165, 1.54) is 0 Å². The van der Waals surface area contributed by atoms with Crippen molar-refractivity contribution in [3.63, 3.8) is 0 Å². The maximum Gasteiger partial charge on any atom is 0.240 e. The van der Waals surface area contributed by atoms with Crippen molar-refractivity contribution in [3.05, 3.63) is 30.9 Å². The van der Waals surface area contributed by atoms with Crippen LogP contribution in [0.4, 0.5) is 5.69 Å². The molecule has 3 aromatic heterocycles. The summed E-state index contributed by atoms with van der Waals surface area (Å²) in [5, 5.41) is 10.1. The first-order valence-electron chi connectivity index (χ1n) is 6.73. The first-order chi connectivity index (χ1) is 10.3. The van der Waals surface area contributed by atoms with Gasteiger partial charge in [-0.2, -0.15) is 0 Å². The van der Waals surface area contributed by atoms with Crippen molar-refractivity contribution in [2.75, 3.05) is 11.4 Å². The van der Waals surface area contributed by atoms with Crippen LogP contribution in [0.25, 0.3) is 22.1 Å². The molecule has 7 nitrogen and oxygen atoms in total. The molecule has 105 valence electrons. The van der Waals surface area contributed by atoms with Crippen LogP contribution in [-0.4, -0.2) is 38.7 Å². The zero-order valence-corrected chi connectivity index (χ0v) is 11.2. The minimum Gasteiger partial charge on any atom is -0.368 e. The molecule has 4 rings (SSSR count). The van der Waals surface area contributed by atoms with Gasteiger partial charge in [-0.3, -0.25) is 4.79 Å². The quantitative estimate of drug-likeness (QED) is 0.722. The molecule has 1 aliphatic heterocycles. The lowest BCUT2D eigenvalue weighted by atomic mass is 10.1. The first-order valence-corrected chi connectivity index (χ1v) is 6.73. The predicted octanol–water partition coefficient (Wildman–Crippen LogP) is 0.774. The number of hydrogen-bond acceptors (Lipinski definition) is 5. The SMILES string of the molecule is NC(=O)C1[CH]CCN1c1ccnc2nnc3[nH]ccc3c12. The van der Waals surface area contributed by atoms with Crippen LogP contribution in [0, 0.1) is 6.42 Å². The fourth-order valence-corrected chi connectivity index (χ4v) is 2.93. The number of carbonyl (C=O) groups is 1. The Labute approximate surface area is 120 Å². The lowest BCUT2D eigenvalue weighted by molar-refractivity contribution is -0.118. The third-order valence-corrected chi connectivity index (χ3v) is 3.84. The third kappa shape index (κ3) is 1.74. The van der Waals surface area contributed by atoms with E-state index in [1.807, 2.05) is 29.7 Å². The number of nitrogens with zero attached hydrogens (tertiary/aromatic N) is 4. The largest absolute Gasteiger partial charge is 0.368 e. The van der Waals surface area contributed by atoms with Crippen molar-refractivity contribution in [1.29, 1.82) is 0 Å². The van der Waals surface area contributed by atoms with Gasteiger partial charge < -0.3 is 15.6 Å². The Hall–Kier alpha value is -2.70. The molecule has 1 atom stereocenters. The number of H-pyrrole nitrogens is 1. The summed E-state index contributed by atoms with van der Waals surface area (Å²) in [4.78, 5) is 21.0. The topological polar surface area (TPSA) is 101 Å². The smallest absolute Gasteiger partial charge is 0.240 e. The van der Waals surface area contributed by atoms with Crippen molar-refractivity contribution in [2.45, 2.75) is 12.5 Å². The zero-order valence-electron chi connectivity index (χ0n) is 11.2. The molecule has 3 N–H and O–H groups in total. The van der Waals surface area contributed by atoms with Gasteiger partial charge in [0, 0.05) is 24.3 Å². The van der Waals surface area contributed by atoms with Crippen LogP contribution in [-0.2, 0) is 4.79 Å². The highest BCUT2D eigenvalue weighted by Gasteiger charge is 2.31. The van der Waals surface area contributed by atoms with Crippen LogP contribution in [0.5, 0.6) is 0 Å². The molecule has 1 fully saturated rings. The van der Waals surface area contributed by atoms with Gasteiger partial charge in [-0.15, -0.1) is 10.2 Å². The van der Waals surface area contributed by atoms with Crippen molar-refractivity contribution >= 4 is 33.7 Å². The van der Waals surface area contributed by atoms with Gasteiger partial charge in [0.1, 0.15) is 6.04 Å². The van der Waals surface area contributed by atoms with Gasteiger partial charge in [-0.25, -0.2) is 4.98 Å². The minimum absolute atomic E-state index is 0.343. The van der Waals surface area contributed by atoms with Crippen LogP contribution < -0.4 is 10.6 Å². The molecule has 7 heteroatoms. The van der Waals surface area contributed by atoms with Gasteiger partial charge in [-0.05, 0) is 25.0 Å². The number of primary amides is 1. The lowest BCUT2D eigenvalue weighted by Crippen LogP contribution is -2.40. The molecule has 21 heavy (non-hydrogen) atoms. The van der Waals surface area contributed by atoms with E-state index in [2.05, 4.69) is 20.2 Å². The highest BCUT2D eigenvalue weighted by atomic mass is 16.1. The Morgan fingerprint density at radius 2 is 2.29 bits per heavy atom. The van der Waals surface area contributed by atoms with Crippen LogP contribution in [0.3, 0.4) is 0 Å². The van der Waals surface area contributed by atoms with E-state index in [-0.39, 0.29) is 5.91 Å². The van der Waals surface area contributed by atoms with E-state index in [0.29, 0.717) is 11.3 Å². The standard InChI is InChI=1S/C14H13N6O/c15-12(21)10-2-1-7-20(10)9-4-6-17-14-11(9)8-3-5-16-13(8)18-19-14/h2-6,10H,1,7H2,(H2,15,21)(H,16,18). The molecule has 0 bridgehead atoms. The summed E-state index contributed by atoms with van der Waals surface area (Å²) < 4.78 is 0. The molecule has 1 amide bonds. The van der Waals surface area contributed by atoms with Gasteiger partial charge in [-0.1, -0.05) is 0 Å². The summed E-state index contributed by atoms with van der Waals surface area (Å²) in [6, 6.07) is 3.44. The Bertz CT molecular complexity index is 842. The van der Waals surface area contributed by atoms with E-state index >= 15 is 0 Å². The van der Waals surface area contributed by atoms with E-state index in [1.54, 1.807) is 6.20 Å². The summed E-state index contributed by atoms with van der Waals surface area (Å²) in [6.07, 6.45) is 6.27. The number of anilines is 1. The van der Waals surface area contributed by atoms with Crippen molar-refractivity contribution in [3.8, 4) is 0 Å². The van der Waals surface area contributed by atoms with Crippen molar-refractivity contribution in [1.82, 2.24) is 20.2 Å². The second-order valence-corrected chi connectivity index (χ2v) is 5.03. The number of hydrogen-bond donors (Lipinski definition) is 2. The van der Waals surface area contributed by atoms with Crippen LogP contribution in [0.1, 0.15) is 6.42 Å². The number of pyridine rings is 1. The summed E-state index contributed by atoms with van der Waals surface area (Å²) in [5.41, 5.74) is 7.68. The predicted molar refractivity (Wildman–Crippen MR) is 78.4 cm³/mol. The third-order valence-electron chi connectivity index (χ3n) is 3.84. The first kappa shape index (κ1) is 12.1. The number of carbonyl (C=O) groups excluding carboxylic acids is 1. The number of aromatic nitrogens is 4. The van der Waals surface area contributed by atoms with E-state index in [4.69, 9.17) is 5.73 Å². The van der Waals surface area contributed by atoms with Gasteiger partial charge >= 0.3 is 0 Å². The Kier molecular flexibility index (Phi) is 2.53. The number of rotatable bonds is 2. The van der Waals surface area contributed by atoms with E-state index in [9.17, 15) is 4.79 Å². The van der Waals surface area contributed by atoms with Crippen LogP contribution >= 0.6 is 0 Å². The van der Waals surface area contributed by atoms with Crippen molar-refractivity contribution in [2.24, 2.45) is 5.73 Å². The Morgan fingerprint density at radius 1 is 1.38 bits per heavy atom. The Morgan fingerprint density at radius 3 is 3.14 bits per heavy atom. The van der Waals surface area contributed by atoms with Crippen LogP contribution in [0.2, 0.25) is 0 Å². The van der Waals surface area contributed by atoms with Crippen molar-refractivity contribution < 1.29 is 4.79 Å². The molecule has 3 aromatic rings. The van der Waals surface area contributed by atoms with Gasteiger partial charge in [0.15, 0.2) is 11.3 Å². The average Bonchev–Trinajstić information content (AvgIpc) is 3.15. The van der Waals surface area contributed by atoms with E-state index in [0.717, 1.165) is 29.4 Å². The molecule has 4 heterocycles. The number of aromatic amines is 1. The molecule has 1 unspecified atom stereocenters. The number of fused-ring (bicyclic) bond motifs is 3. The molecule has 1 aliphatic rings. The second-order valence-electron chi connectivity index (χ2n) is 5.03. The molecule has 0 aliphatic carbocycles. The van der Waals surface area contributed by atoms with Gasteiger partial charge in [0.2, 0.25) is 5.91 Å². The summed E-state index contributed by atoms with van der Waals surface area (Å²) in [7, 11) is 0. The van der Waals surface area contributed by atoms with Gasteiger partial charge in [0.05, 0.1) is 11.1 Å². The fourth-order valence-electron chi connectivity index (χ4n) is 2.93. The highest BCUT2D eigenvalue weighted by Crippen LogP contribution is 2.33. The molecule has 1 radical (unpaired) electrons. The maximum absolute atomic E-state index is 11.6. The number of amides is 1. The number of nitrogens with one attached hydrogen (secondary N) is 1. The molecule has 1 saturated heterocycles. The molecular weight excluding hydrogens is 268 g/mol. The van der Waals surface area contributed by atoms with Crippen LogP contribution in [0.15, 0.2) is 24.5 Å². The highest BCUT2D eigenvalue weighted by molar-refractivity contribution is 6.09. The zero-order chi connectivity index (χ0) is 14.4. The minimum atomic E-state index is -0.391. The Balaban J connectivity index is 2.00. The van der Waals surface area contributed by atoms with E-state index < -0.39 is 6.04 Å². The fraction of sp³-hybridized carbons (Fsp3) is 0.214. The monoisotopic (exact) mass is 281 g/mol. The second kappa shape index (κ2) is 4.41. The summed E-state index contributed by atoms with van der Waals surface area (Å²) in [6.45, 7) is 0.751. The maximum atomic E-state index is 11.6. The average molecular weight is 281 g/mol. The normalized spacial score (nSPS) is 18.7. The number of nitrogens with two attached hydrogens (primary N) is 1. The summed E-state index contributed by atoms with van der Waals surface area (Å²) in [5.74, 6) is -0.343. The molecule has 0 aromatic carbocycles. The molecule has 0 saturated carbocycles. The summed E-state index contributed by atoms with van der Waals surface area (Å²) >= 11 is 0. The molecular formula is C14H13N6O. The van der Waals surface area contributed by atoms with Gasteiger partial charge in [0.25, 0.3) is 0 Å².